The van der Waals surface area contributed by atoms with Gasteiger partial charge in [0.05, 0.1) is 26.0 Å². The molecule has 0 saturated carbocycles. The van der Waals surface area contributed by atoms with Crippen molar-refractivity contribution in [2.75, 3.05) is 26.1 Å². The van der Waals surface area contributed by atoms with Crippen LogP contribution < -0.4 is 14.8 Å². The van der Waals surface area contributed by atoms with Gasteiger partial charge in [-0.15, -0.1) is 0 Å². The molecule has 0 fully saturated rings. The molecule has 0 radical (unpaired) electrons. The van der Waals surface area contributed by atoms with E-state index in [1.165, 1.54) is 0 Å². The summed E-state index contributed by atoms with van der Waals surface area (Å²) < 4.78 is 10.6. The van der Waals surface area contributed by atoms with Crippen LogP contribution in [0.1, 0.15) is 11.1 Å². The van der Waals surface area contributed by atoms with Gasteiger partial charge in [-0.3, -0.25) is 0 Å². The highest BCUT2D eigenvalue weighted by Gasteiger charge is 2.13. The monoisotopic (exact) mass is 220 g/mol. The Balaban J connectivity index is 3.25. The van der Waals surface area contributed by atoms with Crippen LogP contribution in [0.4, 0.5) is 5.69 Å². The molecule has 1 aromatic carbocycles. The fraction of sp³-hybridized carbons (Fsp3) is 0.417. The number of ether oxygens (including phenoxy) is 2. The van der Waals surface area contributed by atoms with Gasteiger partial charge < -0.3 is 14.8 Å². The van der Waals surface area contributed by atoms with Gasteiger partial charge in [0.25, 0.3) is 0 Å². The molecular formula is C12H16N2O2. The first kappa shape index (κ1) is 12.2. The molecule has 1 rings (SSSR count). The molecule has 0 aliphatic carbocycles. The van der Waals surface area contributed by atoms with Gasteiger partial charge in [0, 0.05) is 6.07 Å². The van der Waals surface area contributed by atoms with Crippen molar-refractivity contribution in [3.05, 3.63) is 17.2 Å². The third-order valence-electron chi connectivity index (χ3n) is 2.57. The van der Waals surface area contributed by atoms with Crippen molar-refractivity contribution in [3.8, 4) is 17.6 Å². The van der Waals surface area contributed by atoms with Crippen molar-refractivity contribution in [3.63, 3.8) is 0 Å². The van der Waals surface area contributed by atoms with Gasteiger partial charge in [-0.2, -0.15) is 5.26 Å². The molecule has 16 heavy (non-hydrogen) atoms. The lowest BCUT2D eigenvalue weighted by Gasteiger charge is -2.16. The van der Waals surface area contributed by atoms with Crippen LogP contribution >= 0.6 is 0 Å². The standard InChI is InChI=1S/C12H16N2O2/c1-8-9(2)12(16-4)10(14-6-5-13)7-11(8)15-3/h7,14H,6H2,1-4H3. The van der Waals surface area contributed by atoms with Gasteiger partial charge in [-0.05, 0) is 25.0 Å². The highest BCUT2D eigenvalue weighted by Crippen LogP contribution is 2.36. The summed E-state index contributed by atoms with van der Waals surface area (Å²) in [6.07, 6.45) is 0. The largest absolute Gasteiger partial charge is 0.496 e. The molecule has 0 unspecified atom stereocenters. The first-order valence-corrected chi connectivity index (χ1v) is 4.98. The van der Waals surface area contributed by atoms with E-state index in [0.29, 0.717) is 0 Å². The molecule has 0 aliphatic heterocycles. The van der Waals surface area contributed by atoms with E-state index in [-0.39, 0.29) is 6.54 Å². The fourth-order valence-corrected chi connectivity index (χ4v) is 1.60. The van der Waals surface area contributed by atoms with E-state index in [0.717, 1.165) is 28.3 Å². The molecule has 0 saturated heterocycles. The van der Waals surface area contributed by atoms with Gasteiger partial charge in [0.1, 0.15) is 18.0 Å². The van der Waals surface area contributed by atoms with Gasteiger partial charge in [0.2, 0.25) is 0 Å². The number of anilines is 1. The van der Waals surface area contributed by atoms with E-state index < -0.39 is 0 Å². The summed E-state index contributed by atoms with van der Waals surface area (Å²) in [5.74, 6) is 1.55. The maximum atomic E-state index is 8.56. The van der Waals surface area contributed by atoms with E-state index in [4.69, 9.17) is 14.7 Å². The summed E-state index contributed by atoms with van der Waals surface area (Å²) >= 11 is 0. The van der Waals surface area contributed by atoms with Gasteiger partial charge in [-0.1, -0.05) is 0 Å². The minimum Gasteiger partial charge on any atom is -0.496 e. The van der Waals surface area contributed by atoms with E-state index >= 15 is 0 Å². The Hall–Kier alpha value is -1.89. The number of nitrogens with one attached hydrogen (secondary N) is 1. The predicted octanol–water partition coefficient (Wildman–Crippen LogP) is 2.26. The minimum atomic E-state index is 0.238. The lowest BCUT2D eigenvalue weighted by atomic mass is 10.1. The Bertz CT molecular complexity index is 422. The number of hydrogen-bond acceptors (Lipinski definition) is 4. The van der Waals surface area contributed by atoms with E-state index in [1.54, 1.807) is 14.2 Å². The molecule has 0 atom stereocenters. The second-order valence-electron chi connectivity index (χ2n) is 3.42. The summed E-state index contributed by atoms with van der Waals surface area (Å²) in [4.78, 5) is 0. The van der Waals surface area contributed by atoms with Crippen LogP contribution in [0.5, 0.6) is 11.5 Å². The summed E-state index contributed by atoms with van der Waals surface area (Å²) in [5, 5.41) is 11.5. The quantitative estimate of drug-likeness (QED) is 0.791. The Morgan fingerprint density at radius 3 is 2.44 bits per heavy atom. The lowest BCUT2D eigenvalue weighted by Crippen LogP contribution is -2.04. The van der Waals surface area contributed by atoms with Crippen LogP contribution in [0.2, 0.25) is 0 Å². The average Bonchev–Trinajstić information content (AvgIpc) is 2.30. The van der Waals surface area contributed by atoms with Crippen molar-refractivity contribution >= 4 is 5.69 Å². The number of nitriles is 1. The summed E-state index contributed by atoms with van der Waals surface area (Å²) in [7, 11) is 3.24. The number of benzene rings is 1. The molecule has 0 amide bonds. The molecule has 0 heterocycles. The van der Waals surface area contributed by atoms with Crippen molar-refractivity contribution in [2.45, 2.75) is 13.8 Å². The van der Waals surface area contributed by atoms with Gasteiger partial charge in [-0.25, -0.2) is 0 Å². The Morgan fingerprint density at radius 2 is 1.94 bits per heavy atom. The Kier molecular flexibility index (Phi) is 4.01. The summed E-state index contributed by atoms with van der Waals surface area (Å²) in [6.45, 7) is 4.18. The van der Waals surface area contributed by atoms with E-state index in [1.807, 2.05) is 26.0 Å². The maximum Gasteiger partial charge on any atom is 0.145 e. The molecule has 86 valence electrons. The van der Waals surface area contributed by atoms with Gasteiger partial charge in [0.15, 0.2) is 0 Å². The zero-order valence-electron chi connectivity index (χ0n) is 10.0. The topological polar surface area (TPSA) is 54.3 Å². The molecule has 0 bridgehead atoms. The van der Waals surface area contributed by atoms with Crippen LogP contribution in [-0.2, 0) is 0 Å². The third kappa shape index (κ3) is 2.19. The first-order chi connectivity index (χ1) is 7.65. The highest BCUT2D eigenvalue weighted by molar-refractivity contribution is 5.66. The second kappa shape index (κ2) is 5.26. The van der Waals surface area contributed by atoms with Crippen molar-refractivity contribution < 1.29 is 9.47 Å². The summed E-state index contributed by atoms with van der Waals surface area (Å²) in [5.41, 5.74) is 2.84. The number of methoxy groups -OCH3 is 2. The zero-order valence-corrected chi connectivity index (χ0v) is 10.0. The molecule has 1 N–H and O–H groups in total. The van der Waals surface area contributed by atoms with Crippen LogP contribution in [-0.4, -0.2) is 20.8 Å². The SMILES string of the molecule is COc1cc(NCC#N)c(OC)c(C)c1C. The minimum absolute atomic E-state index is 0.238. The molecule has 1 aromatic rings. The van der Waals surface area contributed by atoms with Crippen LogP contribution in [0, 0.1) is 25.2 Å². The van der Waals surface area contributed by atoms with Crippen LogP contribution in [0.3, 0.4) is 0 Å². The predicted molar refractivity (Wildman–Crippen MR) is 63.1 cm³/mol. The summed E-state index contributed by atoms with van der Waals surface area (Å²) in [6, 6.07) is 3.88. The molecule has 4 nitrogen and oxygen atoms in total. The molecular weight excluding hydrogens is 204 g/mol. The van der Waals surface area contributed by atoms with E-state index in [2.05, 4.69) is 5.32 Å². The smallest absolute Gasteiger partial charge is 0.145 e. The zero-order chi connectivity index (χ0) is 12.1. The second-order valence-corrected chi connectivity index (χ2v) is 3.42. The molecule has 0 aromatic heterocycles. The lowest BCUT2D eigenvalue weighted by molar-refractivity contribution is 0.399. The van der Waals surface area contributed by atoms with Crippen LogP contribution in [0.25, 0.3) is 0 Å². The number of rotatable bonds is 4. The normalized spacial score (nSPS) is 9.44. The van der Waals surface area contributed by atoms with Crippen LogP contribution in [0.15, 0.2) is 6.07 Å². The number of nitrogens with zero attached hydrogens (tertiary/aromatic N) is 1. The van der Waals surface area contributed by atoms with Crippen molar-refractivity contribution in [1.82, 2.24) is 0 Å². The average molecular weight is 220 g/mol. The van der Waals surface area contributed by atoms with Crippen molar-refractivity contribution in [2.24, 2.45) is 0 Å². The third-order valence-corrected chi connectivity index (χ3v) is 2.57. The van der Waals surface area contributed by atoms with Gasteiger partial charge >= 0.3 is 0 Å². The first-order valence-electron chi connectivity index (χ1n) is 4.98. The molecule has 0 aliphatic rings. The Morgan fingerprint density at radius 1 is 1.25 bits per heavy atom. The van der Waals surface area contributed by atoms with E-state index in [9.17, 15) is 0 Å². The molecule has 0 spiro atoms. The fourth-order valence-electron chi connectivity index (χ4n) is 1.60. The molecule has 4 heteroatoms. The Labute approximate surface area is 95.8 Å². The van der Waals surface area contributed by atoms with Crippen molar-refractivity contribution in [1.29, 1.82) is 5.26 Å². The maximum absolute atomic E-state index is 8.56. The number of hydrogen-bond donors (Lipinski definition) is 1. The highest BCUT2D eigenvalue weighted by atomic mass is 16.5.